The van der Waals surface area contributed by atoms with E-state index in [0.717, 1.165) is 16.7 Å². The smallest absolute Gasteiger partial charge is 0.268 e. The SMILES string of the molecule is CN=C(N)c1ccc(-c2nnc(-c3nc(-c4ccc(S(=O)(=O)C(C)C)cc4)cnc3C)o2)cc1.[HH].[HH]. The Kier molecular flexibility index (Phi) is 6.25. The quantitative estimate of drug-likeness (QED) is 0.320. The third-order valence-corrected chi connectivity index (χ3v) is 7.52. The van der Waals surface area contributed by atoms with Gasteiger partial charge in [-0.3, -0.25) is 9.98 Å². The highest BCUT2D eigenvalue weighted by Gasteiger charge is 2.20. The lowest BCUT2D eigenvalue weighted by atomic mass is 10.1. The summed E-state index contributed by atoms with van der Waals surface area (Å²) in [4.78, 5) is 13.3. The average Bonchev–Trinajstić information content (AvgIpc) is 3.34. The molecule has 0 radical (unpaired) electrons. The zero-order chi connectivity index (χ0) is 24.5. The number of aryl methyl sites for hydroxylation is 1. The van der Waals surface area contributed by atoms with Crippen LogP contribution in [-0.2, 0) is 9.84 Å². The second kappa shape index (κ2) is 9.14. The number of sulfone groups is 1. The van der Waals surface area contributed by atoms with Crippen molar-refractivity contribution in [3.8, 4) is 34.3 Å². The van der Waals surface area contributed by atoms with Crippen LogP contribution >= 0.6 is 0 Å². The molecular formula is C24H28N6O3S. The summed E-state index contributed by atoms with van der Waals surface area (Å²) in [5.41, 5.74) is 9.73. The van der Waals surface area contributed by atoms with Crippen LogP contribution in [0.3, 0.4) is 0 Å². The average molecular weight is 481 g/mol. The molecule has 2 heterocycles. The standard InChI is InChI=1S/C24H24N6O3S.2H2/c1-14(2)34(31,32)19-11-9-16(10-12-19)20-13-27-15(3)21(28-20)24-30-29-23(33-24)18-7-5-17(6-8-18)22(25)26-4;;/h5-14H,1-4H3,(H2,25,26);2*1H. The lowest BCUT2D eigenvalue weighted by molar-refractivity contribution is 0.581. The molecule has 10 heteroatoms. The van der Waals surface area contributed by atoms with Crippen LogP contribution in [0.4, 0.5) is 0 Å². The topological polar surface area (TPSA) is 137 Å². The van der Waals surface area contributed by atoms with E-state index in [9.17, 15) is 8.42 Å². The number of hydrogen-bond acceptors (Lipinski definition) is 8. The van der Waals surface area contributed by atoms with Crippen molar-refractivity contribution in [2.45, 2.75) is 30.9 Å². The van der Waals surface area contributed by atoms with Crippen molar-refractivity contribution in [2.24, 2.45) is 10.7 Å². The normalized spacial score (nSPS) is 12.3. The number of benzene rings is 2. The maximum absolute atomic E-state index is 12.4. The minimum absolute atomic E-state index is 0. The fourth-order valence-corrected chi connectivity index (χ4v) is 4.29. The number of hydrogen-bond donors (Lipinski definition) is 1. The lowest BCUT2D eigenvalue weighted by Crippen LogP contribution is -2.13. The molecule has 9 nitrogen and oxygen atoms in total. The van der Waals surface area contributed by atoms with E-state index in [1.165, 1.54) is 0 Å². The van der Waals surface area contributed by atoms with E-state index < -0.39 is 15.1 Å². The largest absolute Gasteiger partial charge is 0.415 e. The van der Waals surface area contributed by atoms with Crippen molar-refractivity contribution in [3.05, 3.63) is 66.0 Å². The Bertz CT molecular complexity index is 1470. The fraction of sp³-hybridized carbons (Fsp3) is 0.208. The Hall–Kier alpha value is -3.92. The minimum atomic E-state index is -3.35. The van der Waals surface area contributed by atoms with Crippen LogP contribution in [0.1, 0.15) is 28.0 Å². The van der Waals surface area contributed by atoms with Gasteiger partial charge in [0.1, 0.15) is 11.5 Å². The van der Waals surface area contributed by atoms with E-state index in [0.29, 0.717) is 28.8 Å². The highest BCUT2D eigenvalue weighted by Crippen LogP contribution is 2.27. The van der Waals surface area contributed by atoms with Crippen molar-refractivity contribution >= 4 is 15.7 Å². The molecule has 2 aromatic heterocycles. The summed E-state index contributed by atoms with van der Waals surface area (Å²) < 4.78 is 30.6. The van der Waals surface area contributed by atoms with Gasteiger partial charge in [-0.05, 0) is 45.0 Å². The molecule has 0 aliphatic carbocycles. The molecule has 4 aromatic rings. The molecule has 4 rings (SSSR count). The highest BCUT2D eigenvalue weighted by molar-refractivity contribution is 7.92. The van der Waals surface area contributed by atoms with Crippen LogP contribution in [0.2, 0.25) is 0 Å². The second-order valence-corrected chi connectivity index (χ2v) is 10.4. The summed E-state index contributed by atoms with van der Waals surface area (Å²) in [5, 5.41) is 7.80. The zero-order valence-corrected chi connectivity index (χ0v) is 20.0. The predicted octanol–water partition coefficient (Wildman–Crippen LogP) is 4.18. The van der Waals surface area contributed by atoms with Crippen LogP contribution < -0.4 is 5.73 Å². The van der Waals surface area contributed by atoms with Crippen molar-refractivity contribution in [3.63, 3.8) is 0 Å². The van der Waals surface area contributed by atoms with Gasteiger partial charge in [0.15, 0.2) is 9.84 Å². The Morgan fingerprint density at radius 1 is 1.00 bits per heavy atom. The van der Waals surface area contributed by atoms with Gasteiger partial charge in [0.25, 0.3) is 5.89 Å². The molecule has 0 spiro atoms. The number of nitrogens with two attached hydrogens (primary N) is 1. The van der Waals surface area contributed by atoms with Crippen LogP contribution in [0.25, 0.3) is 34.3 Å². The predicted molar refractivity (Wildman–Crippen MR) is 134 cm³/mol. The molecule has 0 aliphatic heterocycles. The third kappa shape index (κ3) is 4.44. The van der Waals surface area contributed by atoms with Gasteiger partial charge in [0.05, 0.1) is 27.7 Å². The molecule has 0 aliphatic rings. The van der Waals surface area contributed by atoms with Gasteiger partial charge >= 0.3 is 0 Å². The summed E-state index contributed by atoms with van der Waals surface area (Å²) in [6.45, 7) is 5.11. The summed E-state index contributed by atoms with van der Waals surface area (Å²) in [6.07, 6.45) is 1.63. The van der Waals surface area contributed by atoms with Gasteiger partial charge in [0.2, 0.25) is 5.89 Å². The summed E-state index contributed by atoms with van der Waals surface area (Å²) >= 11 is 0. The molecule has 34 heavy (non-hydrogen) atoms. The van der Waals surface area contributed by atoms with Gasteiger partial charge < -0.3 is 10.2 Å². The fourth-order valence-electron chi connectivity index (χ4n) is 3.23. The van der Waals surface area contributed by atoms with Crippen molar-refractivity contribution in [1.82, 2.24) is 20.2 Å². The first-order valence-corrected chi connectivity index (χ1v) is 12.1. The number of amidine groups is 1. The Morgan fingerprint density at radius 2 is 1.62 bits per heavy atom. The lowest BCUT2D eigenvalue weighted by Gasteiger charge is -2.09. The molecule has 0 atom stereocenters. The number of aromatic nitrogens is 4. The highest BCUT2D eigenvalue weighted by atomic mass is 32.2. The molecule has 0 saturated carbocycles. The third-order valence-electron chi connectivity index (χ3n) is 5.35. The van der Waals surface area contributed by atoms with Gasteiger partial charge in [-0.2, -0.15) is 0 Å². The summed E-state index contributed by atoms with van der Waals surface area (Å²) in [6, 6.07) is 13.9. The number of rotatable bonds is 6. The van der Waals surface area contributed by atoms with Crippen LogP contribution in [0.5, 0.6) is 0 Å². The molecule has 178 valence electrons. The van der Waals surface area contributed by atoms with Crippen LogP contribution in [0, 0.1) is 6.92 Å². The maximum atomic E-state index is 12.4. The minimum Gasteiger partial charge on any atom is -0.415 e. The van der Waals surface area contributed by atoms with E-state index in [4.69, 9.17) is 10.2 Å². The van der Waals surface area contributed by atoms with Crippen molar-refractivity contribution in [1.29, 1.82) is 0 Å². The second-order valence-electron chi connectivity index (χ2n) is 7.91. The van der Waals surface area contributed by atoms with Crippen molar-refractivity contribution < 1.29 is 15.7 Å². The summed E-state index contributed by atoms with van der Waals surface area (Å²) in [5.74, 6) is 1.01. The first kappa shape index (κ1) is 23.2. The van der Waals surface area contributed by atoms with Gasteiger partial charge in [0, 0.05) is 26.6 Å². The zero-order valence-electron chi connectivity index (χ0n) is 19.2. The van der Waals surface area contributed by atoms with Gasteiger partial charge in [-0.1, -0.05) is 24.3 Å². The molecule has 0 saturated heterocycles. The first-order chi connectivity index (χ1) is 16.2. The van der Waals surface area contributed by atoms with Crippen LogP contribution in [-0.4, -0.2) is 46.7 Å². The Labute approximate surface area is 200 Å². The molecular weight excluding hydrogens is 452 g/mol. The van der Waals surface area contributed by atoms with Gasteiger partial charge in [-0.25, -0.2) is 13.4 Å². The molecule has 0 unspecified atom stereocenters. The van der Waals surface area contributed by atoms with Crippen molar-refractivity contribution in [2.75, 3.05) is 7.05 Å². The van der Waals surface area contributed by atoms with Crippen LogP contribution in [0.15, 0.2) is 69.0 Å². The van der Waals surface area contributed by atoms with E-state index >= 15 is 0 Å². The van der Waals surface area contributed by atoms with E-state index in [1.807, 2.05) is 24.3 Å². The molecule has 0 amide bonds. The monoisotopic (exact) mass is 480 g/mol. The summed E-state index contributed by atoms with van der Waals surface area (Å²) in [7, 11) is -1.72. The molecule has 0 bridgehead atoms. The molecule has 0 fully saturated rings. The number of nitrogens with zero attached hydrogens (tertiary/aromatic N) is 5. The Balaban J connectivity index is 0.00000228. The van der Waals surface area contributed by atoms with E-state index in [-0.39, 0.29) is 13.6 Å². The van der Waals surface area contributed by atoms with E-state index in [1.54, 1.807) is 58.3 Å². The first-order valence-electron chi connectivity index (χ1n) is 10.6. The number of aliphatic imine (C=N–C) groups is 1. The maximum Gasteiger partial charge on any atom is 0.268 e. The van der Waals surface area contributed by atoms with Gasteiger partial charge in [-0.15, -0.1) is 10.2 Å². The van der Waals surface area contributed by atoms with E-state index in [2.05, 4.69) is 25.2 Å². The molecule has 2 aromatic carbocycles. The molecule has 2 N–H and O–H groups in total. The Morgan fingerprint density at radius 3 is 2.24 bits per heavy atom.